The minimum absolute atomic E-state index is 0.786. The maximum atomic E-state index is 9.50. The normalized spacial score (nSPS) is 13.0. The molecule has 2 nitrogen and oxygen atoms in total. The van der Waals surface area contributed by atoms with Gasteiger partial charge in [-0.05, 0) is 30.8 Å². The molecule has 19 heavy (non-hydrogen) atoms. The molecule has 0 rings (SSSR count). The summed E-state index contributed by atoms with van der Waals surface area (Å²) in [5.41, 5.74) is 0. The topological polar surface area (TPSA) is 40.5 Å². The summed E-state index contributed by atoms with van der Waals surface area (Å²) in [5, 5.41) is 18.6. The molecule has 0 unspecified atom stereocenters. The molecule has 0 aliphatic carbocycles. The highest BCUT2D eigenvalue weighted by Crippen LogP contribution is 2.05. The van der Waals surface area contributed by atoms with Crippen molar-refractivity contribution in [1.29, 1.82) is 0 Å². The monoisotopic (exact) mass is 260 g/mol. The highest BCUT2D eigenvalue weighted by molar-refractivity contribution is 5.31. The molecule has 2 heteroatoms. The molecule has 0 aliphatic rings. The van der Waals surface area contributed by atoms with Crippen LogP contribution in [0.25, 0.3) is 0 Å². The van der Waals surface area contributed by atoms with E-state index in [4.69, 9.17) is 5.11 Å². The quantitative estimate of drug-likeness (QED) is 0.400. The van der Waals surface area contributed by atoms with E-state index < -0.39 is 12.2 Å². The number of aliphatic hydroxyl groups is 2. The first-order valence-electron chi connectivity index (χ1n) is 6.87. The maximum Gasteiger partial charge on any atom is 0.134 e. The Hall–Kier alpha value is -1.48. The van der Waals surface area contributed by atoms with Gasteiger partial charge in [-0.25, -0.2) is 0 Å². The van der Waals surface area contributed by atoms with E-state index in [-0.39, 0.29) is 0 Å². The molecule has 0 fully saturated rings. The summed E-state index contributed by atoms with van der Waals surface area (Å²) in [6.07, 6.45) is 10.5. The van der Waals surface area contributed by atoms with Gasteiger partial charge in [0.05, 0.1) is 0 Å². The van der Waals surface area contributed by atoms with Crippen molar-refractivity contribution in [3.8, 4) is 23.7 Å². The molecule has 0 aromatic heterocycles. The summed E-state index contributed by atoms with van der Waals surface area (Å²) < 4.78 is 0. The highest BCUT2D eigenvalue weighted by atomic mass is 16.3. The third kappa shape index (κ3) is 12.8. The second-order valence-electron chi connectivity index (χ2n) is 4.30. The van der Waals surface area contributed by atoms with Crippen molar-refractivity contribution in [2.45, 2.75) is 57.7 Å². The van der Waals surface area contributed by atoms with Crippen molar-refractivity contribution in [3.05, 3.63) is 24.8 Å². The third-order valence-electron chi connectivity index (χ3n) is 2.52. The fraction of sp³-hybridized carbons (Fsp3) is 0.529. The zero-order valence-electron chi connectivity index (χ0n) is 11.7. The van der Waals surface area contributed by atoms with Crippen molar-refractivity contribution < 1.29 is 10.2 Å². The zero-order valence-corrected chi connectivity index (χ0v) is 11.7. The number of hydrogen-bond donors (Lipinski definition) is 2. The van der Waals surface area contributed by atoms with Crippen LogP contribution < -0.4 is 0 Å². The van der Waals surface area contributed by atoms with Crippen LogP contribution in [0.3, 0.4) is 0 Å². The van der Waals surface area contributed by atoms with E-state index in [1.807, 2.05) is 6.08 Å². The van der Waals surface area contributed by atoms with Crippen LogP contribution in [0, 0.1) is 23.7 Å². The molecule has 0 saturated heterocycles. The zero-order chi connectivity index (χ0) is 14.3. The minimum Gasteiger partial charge on any atom is -0.377 e. The molecule has 0 heterocycles. The van der Waals surface area contributed by atoms with Gasteiger partial charge in [0.15, 0.2) is 0 Å². The molecular weight excluding hydrogens is 236 g/mol. The van der Waals surface area contributed by atoms with Crippen LogP contribution in [0.2, 0.25) is 0 Å². The fourth-order valence-electron chi connectivity index (χ4n) is 1.42. The summed E-state index contributed by atoms with van der Waals surface area (Å²) in [7, 11) is 0. The van der Waals surface area contributed by atoms with Gasteiger partial charge in [0, 0.05) is 0 Å². The van der Waals surface area contributed by atoms with Crippen molar-refractivity contribution in [3.63, 3.8) is 0 Å². The van der Waals surface area contributed by atoms with Gasteiger partial charge in [-0.15, -0.1) is 0 Å². The Morgan fingerprint density at radius 1 is 1.00 bits per heavy atom. The Morgan fingerprint density at radius 3 is 2.26 bits per heavy atom. The van der Waals surface area contributed by atoms with Crippen LogP contribution >= 0.6 is 0 Å². The lowest BCUT2D eigenvalue weighted by atomic mass is 10.1. The molecule has 0 bridgehead atoms. The van der Waals surface area contributed by atoms with Gasteiger partial charge in [-0.3, -0.25) is 0 Å². The molecule has 0 aromatic carbocycles. The highest BCUT2D eigenvalue weighted by Gasteiger charge is 1.91. The maximum absolute atomic E-state index is 9.50. The second-order valence-corrected chi connectivity index (χ2v) is 4.30. The van der Waals surface area contributed by atoms with E-state index in [0.717, 1.165) is 12.8 Å². The first kappa shape index (κ1) is 17.5. The summed E-state index contributed by atoms with van der Waals surface area (Å²) >= 11 is 0. The van der Waals surface area contributed by atoms with Gasteiger partial charge in [0.1, 0.15) is 12.2 Å². The van der Waals surface area contributed by atoms with Crippen LogP contribution in [-0.4, -0.2) is 22.4 Å². The van der Waals surface area contributed by atoms with Gasteiger partial charge < -0.3 is 10.2 Å². The average Bonchev–Trinajstić information content (AvgIpc) is 2.42. The van der Waals surface area contributed by atoms with Crippen LogP contribution in [0.4, 0.5) is 0 Å². The molecule has 2 atom stereocenters. The number of allylic oxidation sites excluding steroid dienone is 1. The number of aliphatic hydroxyl groups excluding tert-OH is 2. The van der Waals surface area contributed by atoms with E-state index in [1.165, 1.54) is 31.8 Å². The number of unbranched alkanes of at least 4 members (excludes halogenated alkanes) is 5. The molecule has 0 saturated carbocycles. The third-order valence-corrected chi connectivity index (χ3v) is 2.52. The Bertz CT molecular complexity index is 374. The van der Waals surface area contributed by atoms with Gasteiger partial charge >= 0.3 is 0 Å². The molecule has 0 aromatic rings. The predicted molar refractivity (Wildman–Crippen MR) is 80.3 cm³/mol. The van der Waals surface area contributed by atoms with E-state index in [9.17, 15) is 5.11 Å². The largest absolute Gasteiger partial charge is 0.377 e. The first-order chi connectivity index (χ1) is 9.20. The standard InChI is InChI=1S/C17H24O2/c1-3-5-6-7-8-9-10-14-17(19)15-12-11-13-16(18)4-2/h4,10,14,16-19H,2-3,5-9H2,1H3/b14-10+/t16-,17+/m1/s1. The van der Waals surface area contributed by atoms with Gasteiger partial charge in [0.25, 0.3) is 0 Å². The minimum atomic E-state index is -0.856. The summed E-state index contributed by atoms with van der Waals surface area (Å²) in [5.74, 6) is 10.00. The lowest BCUT2D eigenvalue weighted by Crippen LogP contribution is -1.97. The fourth-order valence-corrected chi connectivity index (χ4v) is 1.42. The van der Waals surface area contributed by atoms with Crippen molar-refractivity contribution in [2.24, 2.45) is 0 Å². The lowest BCUT2D eigenvalue weighted by molar-refractivity contribution is 0.280. The Labute approximate surface area is 117 Å². The summed E-state index contributed by atoms with van der Waals surface area (Å²) in [4.78, 5) is 0. The van der Waals surface area contributed by atoms with Gasteiger partial charge in [-0.1, -0.05) is 63.2 Å². The first-order valence-corrected chi connectivity index (χ1v) is 6.87. The molecule has 0 amide bonds. The van der Waals surface area contributed by atoms with E-state index in [1.54, 1.807) is 6.08 Å². The Balaban J connectivity index is 3.78. The van der Waals surface area contributed by atoms with Crippen LogP contribution in [0.5, 0.6) is 0 Å². The van der Waals surface area contributed by atoms with Crippen molar-refractivity contribution >= 4 is 0 Å². The van der Waals surface area contributed by atoms with E-state index in [0.29, 0.717) is 0 Å². The number of hydrogen-bond acceptors (Lipinski definition) is 2. The predicted octanol–water partition coefficient (Wildman–Crippen LogP) is 2.82. The van der Waals surface area contributed by atoms with Gasteiger partial charge in [-0.2, -0.15) is 0 Å². The lowest BCUT2D eigenvalue weighted by Gasteiger charge is -1.97. The number of rotatable bonds is 8. The molecule has 0 radical (unpaired) electrons. The van der Waals surface area contributed by atoms with Crippen LogP contribution in [0.15, 0.2) is 24.8 Å². The van der Waals surface area contributed by atoms with Crippen LogP contribution in [0.1, 0.15) is 45.4 Å². The summed E-state index contributed by atoms with van der Waals surface area (Å²) in [6, 6.07) is 0. The van der Waals surface area contributed by atoms with E-state index >= 15 is 0 Å². The van der Waals surface area contributed by atoms with Crippen LogP contribution in [-0.2, 0) is 0 Å². The Morgan fingerprint density at radius 2 is 1.63 bits per heavy atom. The van der Waals surface area contributed by atoms with Gasteiger partial charge in [0.2, 0.25) is 0 Å². The van der Waals surface area contributed by atoms with E-state index in [2.05, 4.69) is 37.2 Å². The molecule has 2 N–H and O–H groups in total. The summed E-state index contributed by atoms with van der Waals surface area (Å²) in [6.45, 7) is 5.59. The van der Waals surface area contributed by atoms with Crippen molar-refractivity contribution in [1.82, 2.24) is 0 Å². The Kier molecular flexibility index (Phi) is 12.0. The molecule has 0 spiro atoms. The molecule has 0 aliphatic heterocycles. The molecule has 104 valence electrons. The smallest absolute Gasteiger partial charge is 0.134 e. The second kappa shape index (κ2) is 13.0. The SMILES string of the molecule is C=C[C@@H](O)C#CC#C[C@@H](O)/C=C/CCCCCCC. The van der Waals surface area contributed by atoms with Crippen molar-refractivity contribution in [2.75, 3.05) is 0 Å². The molecular formula is C17H24O2. The average molecular weight is 260 g/mol.